The minimum Gasteiger partial charge on any atom is -0.466 e. The van der Waals surface area contributed by atoms with Crippen LogP contribution < -0.4 is 0 Å². The lowest BCUT2D eigenvalue weighted by molar-refractivity contribution is -0.149. The van der Waals surface area contributed by atoms with Crippen LogP contribution in [0.3, 0.4) is 0 Å². The van der Waals surface area contributed by atoms with E-state index in [2.05, 4.69) is 22.1 Å². The van der Waals surface area contributed by atoms with Gasteiger partial charge in [0.1, 0.15) is 5.78 Å². The molecule has 0 radical (unpaired) electrons. The van der Waals surface area contributed by atoms with Crippen LogP contribution in [0.4, 0.5) is 4.79 Å². The zero-order chi connectivity index (χ0) is 18.0. The van der Waals surface area contributed by atoms with Gasteiger partial charge in [0.15, 0.2) is 0 Å². The molecule has 0 aromatic carbocycles. The summed E-state index contributed by atoms with van der Waals surface area (Å²) in [5.41, 5.74) is 0. The van der Waals surface area contributed by atoms with Crippen LogP contribution in [0.5, 0.6) is 0 Å². The van der Waals surface area contributed by atoms with Gasteiger partial charge in [-0.15, -0.1) is 0 Å². The van der Waals surface area contributed by atoms with Gasteiger partial charge in [-0.25, -0.2) is 4.79 Å². The molecule has 0 N–H and O–H groups in total. The quantitative estimate of drug-likeness (QED) is 0.377. The monoisotopic (exact) mass is 366 g/mol. The van der Waals surface area contributed by atoms with Crippen molar-refractivity contribution in [3.05, 3.63) is 0 Å². The fourth-order valence-corrected chi connectivity index (χ4v) is 2.41. The lowest BCUT2D eigenvalue weighted by Gasteiger charge is -2.23. The van der Waals surface area contributed by atoms with E-state index in [1.807, 2.05) is 0 Å². The predicted molar refractivity (Wildman–Crippen MR) is 88.4 cm³/mol. The maximum Gasteiger partial charge on any atom is 0.371 e. The molecule has 0 saturated carbocycles. The molecular weight excluding hydrogens is 344 g/mol. The Hall–Kier alpha value is -1.22. The van der Waals surface area contributed by atoms with Crippen molar-refractivity contribution in [1.29, 1.82) is 0 Å². The Labute approximate surface area is 145 Å². The predicted octanol–water partition coefficient (Wildman–Crippen LogP) is 2.22. The van der Waals surface area contributed by atoms with Gasteiger partial charge in [-0.2, -0.15) is 12.6 Å². The molecule has 7 nitrogen and oxygen atoms in total. The number of rotatable bonds is 9. The average Bonchev–Trinajstić information content (AvgIpc) is 2.43. The first-order valence-corrected chi connectivity index (χ1v) is 8.38. The van der Waals surface area contributed by atoms with Crippen molar-refractivity contribution < 1.29 is 33.4 Å². The van der Waals surface area contributed by atoms with Gasteiger partial charge in [-0.1, -0.05) is 0 Å². The Bertz CT molecular complexity index is 448. The fourth-order valence-electron chi connectivity index (χ4n) is 1.41. The van der Waals surface area contributed by atoms with Crippen LogP contribution in [0.2, 0.25) is 0 Å². The Morgan fingerprint density at radius 2 is 1.74 bits per heavy atom. The third-order valence-corrected chi connectivity index (χ3v) is 4.18. The van der Waals surface area contributed by atoms with Gasteiger partial charge in [0.05, 0.1) is 17.3 Å². The van der Waals surface area contributed by atoms with Gasteiger partial charge in [0.25, 0.3) is 0 Å². The van der Waals surface area contributed by atoms with Crippen LogP contribution in [0.15, 0.2) is 0 Å². The Morgan fingerprint density at radius 1 is 1.13 bits per heavy atom. The highest BCUT2D eigenvalue weighted by Crippen LogP contribution is 2.30. The van der Waals surface area contributed by atoms with E-state index in [4.69, 9.17) is 4.74 Å². The largest absolute Gasteiger partial charge is 0.466 e. The average molecular weight is 366 g/mol. The van der Waals surface area contributed by atoms with Crippen LogP contribution in [0, 0.1) is 5.92 Å². The van der Waals surface area contributed by atoms with Crippen LogP contribution in [0.25, 0.3) is 0 Å². The number of carbonyl (C=O) groups is 4. The van der Waals surface area contributed by atoms with Gasteiger partial charge in [0.2, 0.25) is 6.79 Å². The highest BCUT2D eigenvalue weighted by Gasteiger charge is 2.35. The Balaban J connectivity index is 4.54. The van der Waals surface area contributed by atoms with E-state index in [1.165, 1.54) is 6.92 Å². The number of hydrogen-bond acceptors (Lipinski definition) is 9. The van der Waals surface area contributed by atoms with Crippen molar-refractivity contribution >= 4 is 47.4 Å². The normalized spacial score (nSPS) is 12.2. The zero-order valence-corrected chi connectivity index (χ0v) is 15.3. The van der Waals surface area contributed by atoms with E-state index < -0.39 is 34.7 Å². The van der Waals surface area contributed by atoms with Crippen molar-refractivity contribution in [3.63, 3.8) is 0 Å². The standard InChI is InChI=1S/C14H22O7S2/c1-5-19-12(17)10(7-22)6-11(16)14(3,4)23-13(18)21-8-20-9(2)15/h10,22H,5-8H2,1-4H3/t10-/m0/s1. The minimum absolute atomic E-state index is 0.0838. The molecule has 0 aliphatic carbocycles. The number of ether oxygens (including phenoxy) is 3. The summed E-state index contributed by atoms with van der Waals surface area (Å²) in [4.78, 5) is 46.2. The first kappa shape index (κ1) is 21.8. The number of Topliss-reactive ketones (excluding diaryl/α,β-unsaturated/α-hetero) is 1. The van der Waals surface area contributed by atoms with E-state index in [9.17, 15) is 19.2 Å². The molecule has 0 fully saturated rings. The van der Waals surface area contributed by atoms with E-state index in [0.717, 1.165) is 0 Å². The van der Waals surface area contributed by atoms with Crippen LogP contribution >= 0.6 is 24.4 Å². The number of ketones is 1. The first-order valence-electron chi connectivity index (χ1n) is 6.94. The van der Waals surface area contributed by atoms with E-state index >= 15 is 0 Å². The second-order valence-electron chi connectivity index (χ2n) is 5.02. The number of thiol groups is 1. The lowest BCUT2D eigenvalue weighted by Crippen LogP contribution is -2.34. The molecule has 0 rings (SSSR count). The topological polar surface area (TPSA) is 96.0 Å². The molecule has 0 unspecified atom stereocenters. The van der Waals surface area contributed by atoms with Gasteiger partial charge in [-0.3, -0.25) is 14.4 Å². The summed E-state index contributed by atoms with van der Waals surface area (Å²) in [6.07, 6.45) is -0.0838. The van der Waals surface area contributed by atoms with Crippen LogP contribution in [-0.4, -0.2) is 46.9 Å². The molecule has 0 spiro atoms. The summed E-state index contributed by atoms with van der Waals surface area (Å²) in [5.74, 6) is -1.87. The molecule has 0 heterocycles. The van der Waals surface area contributed by atoms with E-state index in [0.29, 0.717) is 11.8 Å². The third-order valence-electron chi connectivity index (χ3n) is 2.72. The third kappa shape index (κ3) is 8.85. The molecule has 0 bridgehead atoms. The van der Waals surface area contributed by atoms with E-state index in [-0.39, 0.29) is 24.6 Å². The molecule has 0 aliphatic heterocycles. The SMILES string of the molecule is CCOC(=O)[C@H](CS)CC(=O)C(C)(C)SC(=O)OCOC(C)=O. The molecule has 132 valence electrons. The van der Waals surface area contributed by atoms with Gasteiger partial charge >= 0.3 is 17.2 Å². The lowest BCUT2D eigenvalue weighted by atomic mass is 9.97. The maximum absolute atomic E-state index is 12.3. The zero-order valence-electron chi connectivity index (χ0n) is 13.6. The van der Waals surface area contributed by atoms with Crippen LogP contribution in [0.1, 0.15) is 34.1 Å². The highest BCUT2D eigenvalue weighted by atomic mass is 32.2. The molecule has 9 heteroatoms. The summed E-state index contributed by atoms with van der Waals surface area (Å²) < 4.78 is 12.9. The summed E-state index contributed by atoms with van der Waals surface area (Å²) in [5, 5.41) is -0.747. The number of carbonyl (C=O) groups excluding carboxylic acids is 4. The second-order valence-corrected chi connectivity index (χ2v) is 6.94. The first-order chi connectivity index (χ1) is 10.6. The van der Waals surface area contributed by atoms with E-state index in [1.54, 1.807) is 20.8 Å². The Morgan fingerprint density at radius 3 is 2.22 bits per heavy atom. The minimum atomic E-state index is -1.10. The van der Waals surface area contributed by atoms with Gasteiger partial charge < -0.3 is 14.2 Å². The highest BCUT2D eigenvalue weighted by molar-refractivity contribution is 8.15. The van der Waals surface area contributed by atoms with Crippen LogP contribution in [-0.2, 0) is 28.6 Å². The smallest absolute Gasteiger partial charge is 0.371 e. The number of thioether (sulfide) groups is 1. The molecule has 0 amide bonds. The molecule has 0 aliphatic rings. The summed E-state index contributed by atoms with van der Waals surface area (Å²) in [6, 6.07) is 0. The summed E-state index contributed by atoms with van der Waals surface area (Å²) >= 11 is 4.71. The number of hydrogen-bond donors (Lipinski definition) is 1. The van der Waals surface area contributed by atoms with Crippen molar-refractivity contribution in [2.24, 2.45) is 5.92 Å². The molecule has 0 aromatic rings. The molecule has 1 atom stereocenters. The molecular formula is C14H22O7S2. The second kappa shape index (κ2) is 10.5. The fraction of sp³-hybridized carbons (Fsp3) is 0.714. The van der Waals surface area contributed by atoms with Crippen molar-refractivity contribution in [1.82, 2.24) is 0 Å². The summed E-state index contributed by atoms with van der Waals surface area (Å²) in [7, 11) is 0. The van der Waals surface area contributed by atoms with Crippen molar-refractivity contribution in [2.75, 3.05) is 19.2 Å². The summed E-state index contributed by atoms with van der Waals surface area (Å²) in [6.45, 7) is 5.67. The number of esters is 2. The maximum atomic E-state index is 12.3. The molecule has 0 aromatic heterocycles. The molecule has 23 heavy (non-hydrogen) atoms. The van der Waals surface area contributed by atoms with Gasteiger partial charge in [-0.05, 0) is 32.5 Å². The van der Waals surface area contributed by atoms with Crippen molar-refractivity contribution in [2.45, 2.75) is 38.9 Å². The van der Waals surface area contributed by atoms with Gasteiger partial charge in [0, 0.05) is 19.1 Å². The molecule has 0 saturated heterocycles. The Kier molecular flexibility index (Phi) is 9.98. The van der Waals surface area contributed by atoms with Crippen molar-refractivity contribution in [3.8, 4) is 0 Å².